The van der Waals surface area contributed by atoms with Gasteiger partial charge >= 0.3 is 5.97 Å². The number of amides is 1. The Bertz CT molecular complexity index is 765. The number of carboxylic acids is 1. The highest BCUT2D eigenvalue weighted by atomic mass is 35.5. The van der Waals surface area contributed by atoms with Crippen molar-refractivity contribution in [3.05, 3.63) is 47.4 Å². The van der Waals surface area contributed by atoms with Crippen LogP contribution in [-0.4, -0.2) is 31.9 Å². The Labute approximate surface area is 136 Å². The highest BCUT2D eigenvalue weighted by Crippen LogP contribution is 2.25. The normalized spacial score (nSPS) is 10.5. The van der Waals surface area contributed by atoms with Crippen LogP contribution in [0.3, 0.4) is 0 Å². The van der Waals surface area contributed by atoms with Gasteiger partial charge in [0.2, 0.25) is 0 Å². The lowest BCUT2D eigenvalue weighted by molar-refractivity contribution is -0.131. The Morgan fingerprint density at radius 2 is 1.91 bits per heavy atom. The van der Waals surface area contributed by atoms with E-state index in [4.69, 9.17) is 16.7 Å². The monoisotopic (exact) mass is 333 g/mol. The number of hydrogen-bond donors (Lipinski definition) is 3. The summed E-state index contributed by atoms with van der Waals surface area (Å²) in [6, 6.07) is 3.47. The van der Waals surface area contributed by atoms with Gasteiger partial charge in [-0.05, 0) is 19.1 Å². The molecule has 2 aromatic rings. The first-order valence-electron chi connectivity index (χ1n) is 6.39. The third-order valence-electron chi connectivity index (χ3n) is 2.64. The second-order valence-corrected chi connectivity index (χ2v) is 4.69. The van der Waals surface area contributed by atoms with E-state index in [0.29, 0.717) is 17.6 Å². The smallest absolute Gasteiger partial charge is 0.328 e. The molecule has 23 heavy (non-hydrogen) atoms. The first-order valence-corrected chi connectivity index (χ1v) is 6.76. The lowest BCUT2D eigenvalue weighted by Gasteiger charge is -2.11. The standard InChI is InChI=1S/C14H12ClN5O3/c1-8-12(15)14(20-19-10(21)2-3-11(22)23)18-13(17-8)9-4-6-16-7-5-9/h2-7H,1H3,(H,19,21)(H,22,23)(H,17,18,20). The summed E-state index contributed by atoms with van der Waals surface area (Å²) in [5, 5.41) is 8.70. The van der Waals surface area contributed by atoms with Crippen molar-refractivity contribution in [2.24, 2.45) is 0 Å². The Morgan fingerprint density at radius 3 is 2.57 bits per heavy atom. The maximum Gasteiger partial charge on any atom is 0.328 e. The minimum atomic E-state index is -1.23. The number of halogens is 1. The van der Waals surface area contributed by atoms with Crippen LogP contribution in [0.5, 0.6) is 0 Å². The number of pyridine rings is 1. The lowest BCUT2D eigenvalue weighted by atomic mass is 10.2. The molecule has 0 spiro atoms. The highest BCUT2D eigenvalue weighted by Gasteiger charge is 2.11. The number of aromatic nitrogens is 3. The van der Waals surface area contributed by atoms with Gasteiger partial charge in [0.15, 0.2) is 11.6 Å². The number of carbonyl (C=O) groups is 2. The lowest BCUT2D eigenvalue weighted by Crippen LogP contribution is -2.28. The van der Waals surface area contributed by atoms with E-state index in [0.717, 1.165) is 11.6 Å². The van der Waals surface area contributed by atoms with E-state index < -0.39 is 11.9 Å². The summed E-state index contributed by atoms with van der Waals surface area (Å²) in [4.78, 5) is 34.2. The van der Waals surface area contributed by atoms with E-state index >= 15 is 0 Å². The van der Waals surface area contributed by atoms with Crippen LogP contribution in [0.1, 0.15) is 5.69 Å². The number of carbonyl (C=O) groups excluding carboxylic acids is 1. The van der Waals surface area contributed by atoms with Crippen molar-refractivity contribution >= 4 is 29.3 Å². The fourth-order valence-electron chi connectivity index (χ4n) is 1.58. The molecule has 0 fully saturated rings. The third-order valence-corrected chi connectivity index (χ3v) is 3.09. The van der Waals surface area contributed by atoms with Crippen LogP contribution in [0.4, 0.5) is 5.82 Å². The molecule has 0 radical (unpaired) electrons. The Kier molecular flexibility index (Phi) is 5.21. The molecule has 118 valence electrons. The van der Waals surface area contributed by atoms with Crippen molar-refractivity contribution in [1.82, 2.24) is 20.4 Å². The number of rotatable bonds is 5. The van der Waals surface area contributed by atoms with Crippen LogP contribution >= 0.6 is 11.6 Å². The number of hydrogen-bond acceptors (Lipinski definition) is 6. The SMILES string of the molecule is Cc1nc(-c2ccncc2)nc(NNC(=O)C=CC(=O)O)c1Cl. The fraction of sp³-hybridized carbons (Fsp3) is 0.0714. The maximum absolute atomic E-state index is 11.5. The molecule has 0 bridgehead atoms. The number of nitrogens with one attached hydrogen (secondary N) is 2. The first kappa shape index (κ1) is 16.4. The van der Waals surface area contributed by atoms with Gasteiger partial charge in [0, 0.05) is 30.1 Å². The summed E-state index contributed by atoms with van der Waals surface area (Å²) >= 11 is 6.10. The number of nitrogens with zero attached hydrogens (tertiary/aromatic N) is 3. The fourth-order valence-corrected chi connectivity index (χ4v) is 1.71. The van der Waals surface area contributed by atoms with Gasteiger partial charge in [-0.2, -0.15) is 0 Å². The van der Waals surface area contributed by atoms with Crippen molar-refractivity contribution in [2.75, 3.05) is 5.43 Å². The minimum Gasteiger partial charge on any atom is -0.478 e. The summed E-state index contributed by atoms with van der Waals surface area (Å²) in [6.45, 7) is 1.70. The van der Waals surface area contributed by atoms with Gasteiger partial charge in [0.05, 0.1) is 5.69 Å². The molecule has 8 nitrogen and oxygen atoms in total. The average molecular weight is 334 g/mol. The van der Waals surface area contributed by atoms with E-state index in [2.05, 4.69) is 25.8 Å². The van der Waals surface area contributed by atoms with Crippen molar-refractivity contribution < 1.29 is 14.7 Å². The summed E-state index contributed by atoms with van der Waals surface area (Å²) < 4.78 is 0. The van der Waals surface area contributed by atoms with Crippen LogP contribution in [0.25, 0.3) is 11.4 Å². The van der Waals surface area contributed by atoms with Gasteiger partial charge in [-0.15, -0.1) is 0 Å². The Balaban J connectivity index is 2.20. The molecule has 2 heterocycles. The second kappa shape index (κ2) is 7.32. The van der Waals surface area contributed by atoms with E-state index in [1.807, 2.05) is 0 Å². The number of hydrazine groups is 1. The average Bonchev–Trinajstić information content (AvgIpc) is 2.55. The summed E-state index contributed by atoms with van der Waals surface area (Å²) in [7, 11) is 0. The zero-order valence-corrected chi connectivity index (χ0v) is 12.7. The van der Waals surface area contributed by atoms with E-state index in [1.165, 1.54) is 0 Å². The van der Waals surface area contributed by atoms with Gasteiger partial charge in [0.1, 0.15) is 5.02 Å². The number of aryl methyl sites for hydroxylation is 1. The molecule has 0 unspecified atom stereocenters. The Hall–Kier alpha value is -3.00. The molecular formula is C14H12ClN5O3. The summed E-state index contributed by atoms with van der Waals surface area (Å²) in [6.07, 6.45) is 4.79. The number of anilines is 1. The van der Waals surface area contributed by atoms with Crippen LogP contribution in [0, 0.1) is 6.92 Å². The molecule has 2 rings (SSSR count). The van der Waals surface area contributed by atoms with Crippen molar-refractivity contribution in [3.63, 3.8) is 0 Å². The molecule has 0 aliphatic heterocycles. The molecule has 0 aliphatic rings. The zero-order chi connectivity index (χ0) is 16.8. The maximum atomic E-state index is 11.5. The predicted octanol–water partition coefficient (Wildman–Crippen LogP) is 1.58. The molecular weight excluding hydrogens is 322 g/mol. The molecule has 1 amide bonds. The van der Waals surface area contributed by atoms with Gasteiger partial charge in [-0.25, -0.2) is 14.8 Å². The quantitative estimate of drug-likeness (QED) is 0.561. The van der Waals surface area contributed by atoms with E-state index in [9.17, 15) is 9.59 Å². The van der Waals surface area contributed by atoms with E-state index in [1.54, 1.807) is 31.5 Å². The molecule has 3 N–H and O–H groups in total. The third kappa shape index (κ3) is 4.48. The van der Waals surface area contributed by atoms with Crippen LogP contribution in [0.15, 0.2) is 36.7 Å². The number of carboxylic acid groups (broad SMARTS) is 1. The molecule has 9 heteroatoms. The predicted molar refractivity (Wildman–Crippen MR) is 83.6 cm³/mol. The second-order valence-electron chi connectivity index (χ2n) is 4.32. The number of aliphatic carboxylic acids is 1. The van der Waals surface area contributed by atoms with Gasteiger partial charge < -0.3 is 5.11 Å². The molecule has 0 atom stereocenters. The minimum absolute atomic E-state index is 0.197. The topological polar surface area (TPSA) is 117 Å². The van der Waals surface area contributed by atoms with Gasteiger partial charge in [0.25, 0.3) is 5.91 Å². The first-order chi connectivity index (χ1) is 11.0. The Morgan fingerprint density at radius 1 is 1.22 bits per heavy atom. The molecule has 0 aromatic carbocycles. The largest absolute Gasteiger partial charge is 0.478 e. The molecule has 2 aromatic heterocycles. The summed E-state index contributed by atoms with van der Waals surface area (Å²) in [5.41, 5.74) is 6.08. The summed E-state index contributed by atoms with van der Waals surface area (Å²) in [5.74, 6) is -1.28. The van der Waals surface area contributed by atoms with E-state index in [-0.39, 0.29) is 10.8 Å². The van der Waals surface area contributed by atoms with Crippen molar-refractivity contribution in [3.8, 4) is 11.4 Å². The molecule has 0 aliphatic carbocycles. The highest BCUT2D eigenvalue weighted by molar-refractivity contribution is 6.33. The van der Waals surface area contributed by atoms with Crippen molar-refractivity contribution in [2.45, 2.75) is 6.92 Å². The van der Waals surface area contributed by atoms with Crippen LogP contribution < -0.4 is 10.9 Å². The van der Waals surface area contributed by atoms with Gasteiger partial charge in [-0.3, -0.25) is 20.6 Å². The van der Waals surface area contributed by atoms with Gasteiger partial charge in [-0.1, -0.05) is 11.6 Å². The molecule has 0 saturated heterocycles. The molecule has 0 saturated carbocycles. The van der Waals surface area contributed by atoms with Crippen LogP contribution in [0.2, 0.25) is 5.02 Å². The van der Waals surface area contributed by atoms with Crippen LogP contribution in [-0.2, 0) is 9.59 Å². The van der Waals surface area contributed by atoms with Crippen molar-refractivity contribution in [1.29, 1.82) is 0 Å². The zero-order valence-electron chi connectivity index (χ0n) is 11.9.